The van der Waals surface area contributed by atoms with Crippen LogP contribution in [0.3, 0.4) is 0 Å². The molecule has 0 aliphatic carbocycles. The number of amides is 2. The summed E-state index contributed by atoms with van der Waals surface area (Å²) in [4.78, 5) is 24.8. The molecule has 1 aliphatic rings. The monoisotopic (exact) mass is 322 g/mol. The van der Waals surface area contributed by atoms with Crippen LogP contribution in [0.2, 0.25) is 0 Å². The molecule has 1 saturated heterocycles. The van der Waals surface area contributed by atoms with E-state index in [4.69, 9.17) is 4.74 Å². The molecule has 8 nitrogen and oxygen atoms in total. The average molecular weight is 322 g/mol. The van der Waals surface area contributed by atoms with E-state index in [1.54, 1.807) is 13.2 Å². The Labute approximate surface area is 137 Å². The van der Waals surface area contributed by atoms with E-state index in [0.717, 1.165) is 32.0 Å². The number of nitrogens with one attached hydrogen (secondary N) is 2. The number of methoxy groups -OCH3 is 1. The average Bonchev–Trinajstić information content (AvgIpc) is 2.55. The molecule has 2 rings (SSSR count). The van der Waals surface area contributed by atoms with Gasteiger partial charge in [-0.2, -0.15) is 0 Å². The molecule has 0 spiro atoms. The third-order valence-corrected chi connectivity index (χ3v) is 3.85. The first kappa shape index (κ1) is 17.4. The van der Waals surface area contributed by atoms with Gasteiger partial charge in [-0.1, -0.05) is 0 Å². The summed E-state index contributed by atoms with van der Waals surface area (Å²) in [5, 5.41) is 5.41. The maximum Gasteiger partial charge on any atom is 0.320 e. The van der Waals surface area contributed by atoms with E-state index in [-0.39, 0.29) is 6.03 Å². The molecule has 1 aromatic heterocycles. The van der Waals surface area contributed by atoms with E-state index in [2.05, 4.69) is 44.2 Å². The quantitative estimate of drug-likeness (QED) is 0.753. The molecule has 2 amide bonds. The van der Waals surface area contributed by atoms with Crippen molar-refractivity contribution in [1.29, 1.82) is 0 Å². The Kier molecular flexibility index (Phi) is 6.54. The first-order chi connectivity index (χ1) is 11.1. The number of anilines is 2. The van der Waals surface area contributed by atoms with E-state index in [1.165, 1.54) is 6.33 Å². The number of carbonyl (C=O) groups excluding carboxylic acids is 1. The van der Waals surface area contributed by atoms with Crippen molar-refractivity contribution in [2.45, 2.75) is 19.9 Å². The summed E-state index contributed by atoms with van der Waals surface area (Å²) in [6.07, 6.45) is 1.48. The van der Waals surface area contributed by atoms with E-state index < -0.39 is 0 Å². The van der Waals surface area contributed by atoms with Gasteiger partial charge >= 0.3 is 6.03 Å². The first-order valence-corrected chi connectivity index (χ1v) is 7.95. The summed E-state index contributed by atoms with van der Waals surface area (Å²) in [5.41, 5.74) is 0. The second kappa shape index (κ2) is 8.64. The van der Waals surface area contributed by atoms with Crippen molar-refractivity contribution >= 4 is 17.7 Å². The summed E-state index contributed by atoms with van der Waals surface area (Å²) < 4.78 is 4.89. The van der Waals surface area contributed by atoms with E-state index in [0.29, 0.717) is 25.0 Å². The van der Waals surface area contributed by atoms with Crippen LogP contribution in [0.25, 0.3) is 0 Å². The van der Waals surface area contributed by atoms with Crippen LogP contribution in [-0.2, 0) is 4.74 Å². The molecule has 0 bridgehead atoms. The number of rotatable bonds is 6. The van der Waals surface area contributed by atoms with Crippen LogP contribution in [0.15, 0.2) is 12.4 Å². The Hall–Kier alpha value is -1.93. The van der Waals surface area contributed by atoms with Gasteiger partial charge in [-0.05, 0) is 13.8 Å². The van der Waals surface area contributed by atoms with Crippen molar-refractivity contribution in [1.82, 2.24) is 20.2 Å². The van der Waals surface area contributed by atoms with Crippen LogP contribution >= 0.6 is 0 Å². The summed E-state index contributed by atoms with van der Waals surface area (Å²) in [6.45, 7) is 9.24. The molecular formula is C15H26N6O2. The first-order valence-electron chi connectivity index (χ1n) is 7.95. The maximum atomic E-state index is 11.7. The smallest absolute Gasteiger partial charge is 0.320 e. The van der Waals surface area contributed by atoms with E-state index in [9.17, 15) is 4.79 Å². The number of nitrogens with zero attached hydrogens (tertiary/aromatic N) is 4. The van der Waals surface area contributed by atoms with Crippen LogP contribution < -0.4 is 15.5 Å². The third kappa shape index (κ3) is 5.33. The molecule has 23 heavy (non-hydrogen) atoms. The van der Waals surface area contributed by atoms with Gasteiger partial charge in [0.25, 0.3) is 0 Å². The number of piperazine rings is 1. The maximum absolute atomic E-state index is 11.7. The number of hydrogen-bond acceptors (Lipinski definition) is 6. The Balaban J connectivity index is 1.89. The second-order valence-electron chi connectivity index (χ2n) is 5.75. The minimum absolute atomic E-state index is 0.295. The Morgan fingerprint density at radius 1 is 1.30 bits per heavy atom. The minimum Gasteiger partial charge on any atom is -0.383 e. The lowest BCUT2D eigenvalue weighted by Gasteiger charge is -2.37. The zero-order valence-corrected chi connectivity index (χ0v) is 14.1. The summed E-state index contributed by atoms with van der Waals surface area (Å²) >= 11 is 0. The Bertz CT molecular complexity index is 502. The fourth-order valence-electron chi connectivity index (χ4n) is 2.48. The van der Waals surface area contributed by atoms with Gasteiger partial charge in [0.2, 0.25) is 0 Å². The molecule has 2 N–H and O–H groups in total. The molecule has 0 saturated carbocycles. The molecule has 0 unspecified atom stereocenters. The molecule has 8 heteroatoms. The Morgan fingerprint density at radius 2 is 2.04 bits per heavy atom. The van der Waals surface area contributed by atoms with Crippen molar-refractivity contribution in [2.24, 2.45) is 0 Å². The van der Waals surface area contributed by atoms with Gasteiger partial charge in [-0.25, -0.2) is 14.8 Å². The van der Waals surface area contributed by atoms with Crippen molar-refractivity contribution in [3.8, 4) is 0 Å². The third-order valence-electron chi connectivity index (χ3n) is 3.85. The zero-order valence-electron chi connectivity index (χ0n) is 14.1. The van der Waals surface area contributed by atoms with Crippen LogP contribution in [0, 0.1) is 0 Å². The predicted molar refractivity (Wildman–Crippen MR) is 89.9 cm³/mol. The molecule has 1 aliphatic heterocycles. The SMILES string of the molecule is COCCNC(=O)Nc1cc(N2CCN(C(C)C)CC2)ncn1. The zero-order chi connectivity index (χ0) is 16.7. The van der Waals surface area contributed by atoms with Crippen molar-refractivity contribution in [2.75, 3.05) is 56.7 Å². The minimum atomic E-state index is -0.295. The van der Waals surface area contributed by atoms with Gasteiger partial charge in [0.05, 0.1) is 6.61 Å². The topological polar surface area (TPSA) is 82.6 Å². The highest BCUT2D eigenvalue weighted by atomic mass is 16.5. The lowest BCUT2D eigenvalue weighted by Crippen LogP contribution is -2.49. The largest absolute Gasteiger partial charge is 0.383 e. The van der Waals surface area contributed by atoms with Gasteiger partial charge in [0.1, 0.15) is 18.0 Å². The highest BCUT2D eigenvalue weighted by Gasteiger charge is 2.20. The summed E-state index contributed by atoms with van der Waals surface area (Å²) in [6, 6.07) is 2.08. The normalized spacial score (nSPS) is 15.7. The molecule has 0 aromatic carbocycles. The molecule has 128 valence electrons. The van der Waals surface area contributed by atoms with Crippen LogP contribution in [0.5, 0.6) is 0 Å². The van der Waals surface area contributed by atoms with Gasteiger partial charge in [0, 0.05) is 51.9 Å². The molecule has 1 aromatic rings. The van der Waals surface area contributed by atoms with Crippen LogP contribution in [0.1, 0.15) is 13.8 Å². The Morgan fingerprint density at radius 3 is 2.70 bits per heavy atom. The predicted octanol–water partition coefficient (Wildman–Crippen LogP) is 0.775. The lowest BCUT2D eigenvalue weighted by molar-refractivity contribution is 0.198. The van der Waals surface area contributed by atoms with Gasteiger partial charge in [-0.3, -0.25) is 10.2 Å². The fourth-order valence-corrected chi connectivity index (χ4v) is 2.48. The standard InChI is InChI=1S/C15H26N6O2/c1-12(2)20-5-7-21(8-6-20)14-10-13(17-11-18-14)19-15(22)16-4-9-23-3/h10-12H,4-9H2,1-3H3,(H2,16,17,18,19,22). The summed E-state index contributed by atoms with van der Waals surface area (Å²) in [7, 11) is 1.59. The van der Waals surface area contributed by atoms with E-state index in [1.807, 2.05) is 0 Å². The highest BCUT2D eigenvalue weighted by molar-refractivity contribution is 5.88. The summed E-state index contributed by atoms with van der Waals surface area (Å²) in [5.74, 6) is 1.34. The van der Waals surface area contributed by atoms with Crippen molar-refractivity contribution in [3.05, 3.63) is 12.4 Å². The van der Waals surface area contributed by atoms with Gasteiger partial charge in [0.15, 0.2) is 0 Å². The van der Waals surface area contributed by atoms with Gasteiger partial charge < -0.3 is 15.0 Å². The number of carbonyl (C=O) groups is 1. The number of urea groups is 1. The van der Waals surface area contributed by atoms with Gasteiger partial charge in [-0.15, -0.1) is 0 Å². The number of aromatic nitrogens is 2. The molecule has 1 fully saturated rings. The molecule has 0 radical (unpaired) electrons. The number of ether oxygens (including phenoxy) is 1. The molecule has 0 atom stereocenters. The van der Waals surface area contributed by atoms with Crippen LogP contribution in [0.4, 0.5) is 16.4 Å². The highest BCUT2D eigenvalue weighted by Crippen LogP contribution is 2.17. The lowest BCUT2D eigenvalue weighted by atomic mass is 10.2. The van der Waals surface area contributed by atoms with Crippen molar-refractivity contribution < 1.29 is 9.53 Å². The molecular weight excluding hydrogens is 296 g/mol. The second-order valence-corrected chi connectivity index (χ2v) is 5.75. The van der Waals surface area contributed by atoms with E-state index >= 15 is 0 Å². The molecule has 2 heterocycles. The fraction of sp³-hybridized carbons (Fsp3) is 0.667. The van der Waals surface area contributed by atoms with Crippen molar-refractivity contribution in [3.63, 3.8) is 0 Å². The van der Waals surface area contributed by atoms with Crippen LogP contribution in [-0.4, -0.2) is 73.4 Å². The number of hydrogen-bond donors (Lipinski definition) is 2.